The van der Waals surface area contributed by atoms with E-state index in [1.165, 1.54) is 6.42 Å². The summed E-state index contributed by atoms with van der Waals surface area (Å²) in [5.74, 6) is -2.11. The fourth-order valence-electron chi connectivity index (χ4n) is 3.67. The Hall–Kier alpha value is -1.10. The molecule has 0 aromatic heterocycles. The summed E-state index contributed by atoms with van der Waals surface area (Å²) < 4.78 is 0. The molecule has 20 heavy (non-hydrogen) atoms. The van der Waals surface area contributed by atoms with Gasteiger partial charge in [0, 0.05) is 12.0 Å². The topological polar surface area (TPSA) is 86.6 Å². The number of hydrogen-bond acceptors (Lipinski definition) is 3. The van der Waals surface area contributed by atoms with Crippen molar-refractivity contribution in [1.29, 1.82) is 0 Å². The Morgan fingerprint density at radius 1 is 1.15 bits per heavy atom. The number of rotatable bonds is 5. The van der Waals surface area contributed by atoms with Crippen LogP contribution in [0.15, 0.2) is 0 Å². The molecule has 5 nitrogen and oxygen atoms in total. The molecule has 5 heteroatoms. The predicted molar refractivity (Wildman–Crippen MR) is 74.0 cm³/mol. The van der Waals surface area contributed by atoms with Crippen LogP contribution in [0, 0.1) is 22.7 Å². The highest BCUT2D eigenvalue weighted by Gasteiger charge is 2.65. The molecule has 2 unspecified atom stereocenters. The van der Waals surface area contributed by atoms with E-state index in [2.05, 4.69) is 5.32 Å². The van der Waals surface area contributed by atoms with Crippen LogP contribution in [-0.2, 0) is 9.59 Å². The standard InChI is InChI=1S/C15H25NO4/c1-14(2)10(11(14)13(19)20)12(18)16-8-15(9-17)6-4-3-5-7-15/h10-11,17H,3-9H2,1-2H3,(H,16,18)(H,19,20). The van der Waals surface area contributed by atoms with Crippen molar-refractivity contribution in [3.8, 4) is 0 Å². The molecule has 0 saturated heterocycles. The Morgan fingerprint density at radius 3 is 2.20 bits per heavy atom. The lowest BCUT2D eigenvalue weighted by Crippen LogP contribution is -2.42. The minimum atomic E-state index is -0.898. The molecular weight excluding hydrogens is 258 g/mol. The quantitative estimate of drug-likeness (QED) is 0.712. The highest BCUT2D eigenvalue weighted by atomic mass is 16.4. The van der Waals surface area contributed by atoms with Crippen molar-refractivity contribution < 1.29 is 19.8 Å². The van der Waals surface area contributed by atoms with E-state index in [0.29, 0.717) is 6.54 Å². The van der Waals surface area contributed by atoms with Crippen molar-refractivity contribution in [1.82, 2.24) is 5.32 Å². The number of carbonyl (C=O) groups excluding carboxylic acids is 1. The predicted octanol–water partition coefficient (Wildman–Crippen LogP) is 1.40. The molecule has 3 N–H and O–H groups in total. The van der Waals surface area contributed by atoms with Gasteiger partial charge < -0.3 is 15.5 Å². The fraction of sp³-hybridized carbons (Fsp3) is 0.867. The van der Waals surface area contributed by atoms with E-state index in [1.54, 1.807) is 0 Å². The van der Waals surface area contributed by atoms with E-state index < -0.39 is 23.2 Å². The Morgan fingerprint density at radius 2 is 1.75 bits per heavy atom. The molecule has 2 aliphatic rings. The molecule has 0 heterocycles. The average molecular weight is 283 g/mol. The maximum Gasteiger partial charge on any atom is 0.307 e. The summed E-state index contributed by atoms with van der Waals surface area (Å²) >= 11 is 0. The van der Waals surface area contributed by atoms with Crippen LogP contribution < -0.4 is 5.32 Å². The van der Waals surface area contributed by atoms with Gasteiger partial charge in [-0.3, -0.25) is 9.59 Å². The van der Waals surface area contributed by atoms with Crippen molar-refractivity contribution in [2.45, 2.75) is 46.0 Å². The molecule has 2 aliphatic carbocycles. The monoisotopic (exact) mass is 283 g/mol. The number of amides is 1. The van der Waals surface area contributed by atoms with Crippen LogP contribution >= 0.6 is 0 Å². The summed E-state index contributed by atoms with van der Waals surface area (Å²) in [6.07, 6.45) is 5.22. The molecule has 0 radical (unpaired) electrons. The van der Waals surface area contributed by atoms with Gasteiger partial charge in [0.2, 0.25) is 5.91 Å². The van der Waals surface area contributed by atoms with Gasteiger partial charge in [-0.15, -0.1) is 0 Å². The zero-order valence-electron chi connectivity index (χ0n) is 12.3. The van der Waals surface area contributed by atoms with Crippen LogP contribution in [0.5, 0.6) is 0 Å². The first-order valence-corrected chi connectivity index (χ1v) is 7.45. The van der Waals surface area contributed by atoms with Gasteiger partial charge in [0.1, 0.15) is 0 Å². The molecular formula is C15H25NO4. The van der Waals surface area contributed by atoms with Crippen molar-refractivity contribution in [2.24, 2.45) is 22.7 Å². The van der Waals surface area contributed by atoms with Gasteiger partial charge >= 0.3 is 5.97 Å². The second-order valence-electron chi connectivity index (χ2n) is 7.05. The smallest absolute Gasteiger partial charge is 0.307 e. The molecule has 0 aromatic rings. The van der Waals surface area contributed by atoms with Crippen molar-refractivity contribution in [3.05, 3.63) is 0 Å². The second kappa shape index (κ2) is 5.35. The number of aliphatic hydroxyl groups is 1. The SMILES string of the molecule is CC1(C)C(C(=O)O)C1C(=O)NCC1(CO)CCCCC1. The average Bonchev–Trinajstić information content (AvgIpc) is 3.00. The highest BCUT2D eigenvalue weighted by Crippen LogP contribution is 2.58. The molecule has 0 aromatic carbocycles. The van der Waals surface area contributed by atoms with E-state index in [9.17, 15) is 14.7 Å². The molecule has 2 atom stereocenters. The molecule has 2 saturated carbocycles. The lowest BCUT2D eigenvalue weighted by atomic mass is 9.74. The van der Waals surface area contributed by atoms with Gasteiger partial charge in [0.25, 0.3) is 0 Å². The normalized spacial score (nSPS) is 30.6. The number of hydrogen-bond donors (Lipinski definition) is 3. The van der Waals surface area contributed by atoms with E-state index in [-0.39, 0.29) is 17.9 Å². The summed E-state index contributed by atoms with van der Waals surface area (Å²) in [5.41, 5.74) is -0.666. The van der Waals surface area contributed by atoms with Gasteiger partial charge in [-0.2, -0.15) is 0 Å². The van der Waals surface area contributed by atoms with Crippen molar-refractivity contribution >= 4 is 11.9 Å². The van der Waals surface area contributed by atoms with E-state index in [4.69, 9.17) is 5.11 Å². The Balaban J connectivity index is 1.91. The first-order chi connectivity index (χ1) is 9.34. The van der Waals surface area contributed by atoms with Crippen LogP contribution in [0.4, 0.5) is 0 Å². The zero-order chi connectivity index (χ0) is 15.0. The third-order valence-electron chi connectivity index (χ3n) is 5.26. The maximum absolute atomic E-state index is 12.2. The van der Waals surface area contributed by atoms with Crippen LogP contribution in [-0.4, -0.2) is 35.2 Å². The maximum atomic E-state index is 12.2. The summed E-state index contributed by atoms with van der Waals surface area (Å²) in [6.45, 7) is 4.18. The molecule has 1 amide bonds. The minimum Gasteiger partial charge on any atom is -0.481 e. The number of nitrogens with one attached hydrogen (secondary N) is 1. The van der Waals surface area contributed by atoms with Crippen LogP contribution in [0.1, 0.15) is 46.0 Å². The van der Waals surface area contributed by atoms with Crippen LogP contribution in [0.25, 0.3) is 0 Å². The number of carboxylic acids is 1. The van der Waals surface area contributed by atoms with Crippen LogP contribution in [0.2, 0.25) is 0 Å². The molecule has 0 aliphatic heterocycles. The third-order valence-corrected chi connectivity index (χ3v) is 5.26. The van der Waals surface area contributed by atoms with Crippen LogP contribution in [0.3, 0.4) is 0 Å². The molecule has 2 rings (SSSR count). The lowest BCUT2D eigenvalue weighted by molar-refractivity contribution is -0.140. The molecule has 0 spiro atoms. The second-order valence-corrected chi connectivity index (χ2v) is 7.05. The molecule has 114 valence electrons. The van der Waals surface area contributed by atoms with Crippen molar-refractivity contribution in [3.63, 3.8) is 0 Å². The Kier molecular flexibility index (Phi) is 4.09. The minimum absolute atomic E-state index is 0.0870. The highest BCUT2D eigenvalue weighted by molar-refractivity contribution is 5.91. The Bertz CT molecular complexity index is 399. The van der Waals surface area contributed by atoms with E-state index >= 15 is 0 Å². The number of carboxylic acid groups (broad SMARTS) is 1. The summed E-state index contributed by atoms with van der Waals surface area (Å²) in [4.78, 5) is 23.3. The number of aliphatic carboxylic acids is 1. The van der Waals surface area contributed by atoms with Crippen molar-refractivity contribution in [2.75, 3.05) is 13.2 Å². The van der Waals surface area contributed by atoms with Gasteiger partial charge in [-0.1, -0.05) is 33.1 Å². The van der Waals surface area contributed by atoms with E-state index in [1.807, 2.05) is 13.8 Å². The van der Waals surface area contributed by atoms with E-state index in [0.717, 1.165) is 25.7 Å². The van der Waals surface area contributed by atoms with Gasteiger partial charge in [0.15, 0.2) is 0 Å². The molecule has 2 fully saturated rings. The largest absolute Gasteiger partial charge is 0.481 e. The number of carbonyl (C=O) groups is 2. The lowest BCUT2D eigenvalue weighted by Gasteiger charge is -2.35. The van der Waals surface area contributed by atoms with Gasteiger partial charge in [-0.25, -0.2) is 0 Å². The zero-order valence-corrected chi connectivity index (χ0v) is 12.3. The first-order valence-electron chi connectivity index (χ1n) is 7.45. The fourth-order valence-corrected chi connectivity index (χ4v) is 3.67. The molecule has 0 bridgehead atoms. The van der Waals surface area contributed by atoms with Gasteiger partial charge in [0.05, 0.1) is 18.4 Å². The van der Waals surface area contributed by atoms with Gasteiger partial charge in [-0.05, 0) is 18.3 Å². The first kappa shape index (κ1) is 15.3. The number of aliphatic hydroxyl groups excluding tert-OH is 1. The third kappa shape index (κ3) is 2.68. The summed E-state index contributed by atoms with van der Waals surface area (Å²) in [5, 5.41) is 21.6. The summed E-state index contributed by atoms with van der Waals surface area (Å²) in [6, 6.07) is 0. The Labute approximate surface area is 119 Å². The summed E-state index contributed by atoms with van der Waals surface area (Å²) in [7, 11) is 0.